The second-order valence-electron chi connectivity index (χ2n) is 8.32. The zero-order valence-corrected chi connectivity index (χ0v) is 14.0. The summed E-state index contributed by atoms with van der Waals surface area (Å²) < 4.78 is 1.72. The Morgan fingerprint density at radius 3 is 2.38 bits per heavy atom. The monoisotopic (exact) mass is 328 g/mol. The summed E-state index contributed by atoms with van der Waals surface area (Å²) in [5.74, 6) is 2.23. The molecule has 5 rings (SSSR count). The van der Waals surface area contributed by atoms with Crippen LogP contribution < -0.4 is 15.6 Å². The average Bonchev–Trinajstić information content (AvgIpc) is 2.52. The lowest BCUT2D eigenvalue weighted by molar-refractivity contribution is -0.684. The molecule has 5 heteroatoms. The Kier molecular flexibility index (Phi) is 3.82. The Hall–Kier alpha value is -1.91. The number of carbonyl (C=O) groups excluding carboxylic acids is 2. The summed E-state index contributed by atoms with van der Waals surface area (Å²) >= 11 is 0. The number of nitrogens with two attached hydrogens (primary N) is 1. The SMILES string of the molecule is NC(=O)c1ccc[n+](CC(=O)NCC23CC4CC(CC(C4)C2)C3)c1. The minimum absolute atomic E-state index is 0.0114. The number of amides is 2. The molecule has 3 N–H and O–H groups in total. The first-order valence-electron chi connectivity index (χ1n) is 9.07. The van der Waals surface area contributed by atoms with Crippen LogP contribution in [0.5, 0.6) is 0 Å². The minimum Gasteiger partial charge on any atom is -0.365 e. The average molecular weight is 328 g/mol. The molecule has 1 heterocycles. The largest absolute Gasteiger partial charge is 0.365 e. The van der Waals surface area contributed by atoms with Crippen molar-refractivity contribution in [2.75, 3.05) is 6.54 Å². The van der Waals surface area contributed by atoms with Gasteiger partial charge in [-0.25, -0.2) is 0 Å². The maximum absolute atomic E-state index is 12.3. The molecular formula is C19H26N3O2+. The Morgan fingerprint density at radius 2 is 1.79 bits per heavy atom. The molecule has 4 fully saturated rings. The molecule has 0 unspecified atom stereocenters. The summed E-state index contributed by atoms with van der Waals surface area (Å²) in [7, 11) is 0. The van der Waals surface area contributed by atoms with Crippen molar-refractivity contribution in [2.45, 2.75) is 45.1 Å². The van der Waals surface area contributed by atoms with Crippen molar-refractivity contribution < 1.29 is 14.2 Å². The second-order valence-corrected chi connectivity index (χ2v) is 8.32. The molecule has 2 amide bonds. The van der Waals surface area contributed by atoms with Crippen LogP contribution in [0.25, 0.3) is 0 Å². The molecule has 4 aliphatic rings. The molecule has 5 nitrogen and oxygen atoms in total. The van der Waals surface area contributed by atoms with Gasteiger partial charge in [0, 0.05) is 12.6 Å². The lowest BCUT2D eigenvalue weighted by Gasteiger charge is -2.56. The number of primary amides is 1. The molecule has 0 aromatic carbocycles. The van der Waals surface area contributed by atoms with Crippen LogP contribution in [0.2, 0.25) is 0 Å². The topological polar surface area (TPSA) is 76.1 Å². The maximum Gasteiger partial charge on any atom is 0.286 e. The molecule has 128 valence electrons. The second kappa shape index (κ2) is 5.87. The number of hydrogen-bond donors (Lipinski definition) is 2. The van der Waals surface area contributed by atoms with Crippen molar-refractivity contribution in [1.82, 2.24) is 5.32 Å². The number of carbonyl (C=O) groups is 2. The van der Waals surface area contributed by atoms with Crippen LogP contribution in [-0.4, -0.2) is 18.4 Å². The van der Waals surface area contributed by atoms with Gasteiger partial charge in [-0.1, -0.05) is 0 Å². The highest BCUT2D eigenvalue weighted by Gasteiger charge is 2.50. The maximum atomic E-state index is 12.3. The third kappa shape index (κ3) is 3.04. The van der Waals surface area contributed by atoms with Gasteiger partial charge in [0.05, 0.1) is 0 Å². The van der Waals surface area contributed by atoms with Crippen molar-refractivity contribution in [1.29, 1.82) is 0 Å². The first-order chi connectivity index (χ1) is 11.5. The predicted octanol–water partition coefficient (Wildman–Crippen LogP) is 1.41. The number of aromatic nitrogens is 1. The highest BCUT2D eigenvalue weighted by Crippen LogP contribution is 2.59. The summed E-state index contributed by atoms with van der Waals surface area (Å²) in [5.41, 5.74) is 6.06. The van der Waals surface area contributed by atoms with Crippen molar-refractivity contribution in [3.63, 3.8) is 0 Å². The first kappa shape index (κ1) is 15.6. The number of pyridine rings is 1. The molecule has 24 heavy (non-hydrogen) atoms. The predicted molar refractivity (Wildman–Crippen MR) is 88.8 cm³/mol. The quantitative estimate of drug-likeness (QED) is 0.802. The lowest BCUT2D eigenvalue weighted by Crippen LogP contribution is -2.52. The number of nitrogens with one attached hydrogen (secondary N) is 1. The first-order valence-corrected chi connectivity index (χ1v) is 9.07. The van der Waals surface area contributed by atoms with Crippen molar-refractivity contribution in [2.24, 2.45) is 28.9 Å². The van der Waals surface area contributed by atoms with E-state index in [9.17, 15) is 9.59 Å². The zero-order chi connectivity index (χ0) is 16.7. The Morgan fingerprint density at radius 1 is 1.17 bits per heavy atom. The van der Waals surface area contributed by atoms with Crippen molar-refractivity contribution >= 4 is 11.8 Å². The van der Waals surface area contributed by atoms with Gasteiger partial charge in [-0.15, -0.1) is 0 Å². The summed E-state index contributed by atoms with van der Waals surface area (Å²) in [6, 6.07) is 3.40. The summed E-state index contributed by atoms with van der Waals surface area (Å²) in [6.07, 6.45) is 11.6. The molecule has 0 saturated heterocycles. The molecule has 4 aliphatic carbocycles. The van der Waals surface area contributed by atoms with Crippen molar-refractivity contribution in [3.8, 4) is 0 Å². The van der Waals surface area contributed by atoms with Crippen LogP contribution in [0.15, 0.2) is 24.5 Å². The number of hydrogen-bond acceptors (Lipinski definition) is 2. The molecule has 1 aromatic rings. The Balaban J connectivity index is 1.35. The van der Waals surface area contributed by atoms with Crippen LogP contribution in [0.3, 0.4) is 0 Å². The smallest absolute Gasteiger partial charge is 0.286 e. The van der Waals surface area contributed by atoms with Gasteiger partial charge in [0.15, 0.2) is 12.4 Å². The summed E-state index contributed by atoms with van der Waals surface area (Å²) in [5, 5.41) is 3.16. The van der Waals surface area contributed by atoms with Crippen LogP contribution >= 0.6 is 0 Å². The summed E-state index contributed by atoms with van der Waals surface area (Å²) in [6.45, 7) is 1.04. The molecule has 0 aliphatic heterocycles. The third-order valence-corrected chi connectivity index (χ3v) is 6.29. The van der Waals surface area contributed by atoms with E-state index in [1.807, 2.05) is 0 Å². The molecule has 4 bridgehead atoms. The Labute approximate surface area is 142 Å². The van der Waals surface area contributed by atoms with Gasteiger partial charge < -0.3 is 11.1 Å². The van der Waals surface area contributed by atoms with Crippen LogP contribution in [0, 0.1) is 23.2 Å². The molecular weight excluding hydrogens is 302 g/mol. The van der Waals surface area contributed by atoms with Gasteiger partial charge >= 0.3 is 0 Å². The standard InChI is InChI=1S/C19H25N3O2/c20-18(24)16-2-1-3-22(10-16)11-17(23)21-12-19-7-13-4-14(8-19)6-15(5-13)9-19/h1-3,10,13-15H,4-9,11-12H2,(H2-,20,21,23,24)/p+1. The van der Waals surface area contributed by atoms with Crippen molar-refractivity contribution in [3.05, 3.63) is 30.1 Å². The van der Waals surface area contributed by atoms with E-state index in [2.05, 4.69) is 5.32 Å². The summed E-state index contributed by atoms with van der Waals surface area (Å²) in [4.78, 5) is 23.6. The fraction of sp³-hybridized carbons (Fsp3) is 0.632. The normalized spacial score (nSPS) is 33.4. The number of rotatable bonds is 5. The lowest BCUT2D eigenvalue weighted by atomic mass is 9.49. The molecule has 0 atom stereocenters. The van der Waals surface area contributed by atoms with E-state index in [0.717, 1.165) is 24.3 Å². The van der Waals surface area contributed by atoms with Gasteiger partial charge in [-0.3, -0.25) is 9.59 Å². The van der Waals surface area contributed by atoms with E-state index in [0.29, 0.717) is 11.0 Å². The van der Waals surface area contributed by atoms with E-state index in [-0.39, 0.29) is 12.5 Å². The van der Waals surface area contributed by atoms with E-state index in [1.165, 1.54) is 38.5 Å². The van der Waals surface area contributed by atoms with E-state index in [1.54, 1.807) is 29.1 Å². The van der Waals surface area contributed by atoms with Gasteiger partial charge in [-0.2, -0.15) is 4.57 Å². The van der Waals surface area contributed by atoms with E-state index in [4.69, 9.17) is 5.73 Å². The van der Waals surface area contributed by atoms with Gasteiger partial charge in [-0.05, 0) is 67.8 Å². The minimum atomic E-state index is -0.474. The zero-order valence-electron chi connectivity index (χ0n) is 14.0. The molecule has 1 aromatic heterocycles. The molecule has 0 radical (unpaired) electrons. The Bertz CT molecular complexity index is 635. The highest BCUT2D eigenvalue weighted by atomic mass is 16.2. The van der Waals surface area contributed by atoms with Crippen LogP contribution in [0.1, 0.15) is 48.9 Å². The van der Waals surface area contributed by atoms with Crippen LogP contribution in [0.4, 0.5) is 0 Å². The number of nitrogens with zero attached hydrogens (tertiary/aromatic N) is 1. The van der Waals surface area contributed by atoms with Gasteiger partial charge in [0.2, 0.25) is 6.54 Å². The van der Waals surface area contributed by atoms with Gasteiger partial charge in [0.25, 0.3) is 11.8 Å². The fourth-order valence-electron chi connectivity index (χ4n) is 5.78. The van der Waals surface area contributed by atoms with E-state index < -0.39 is 5.91 Å². The highest BCUT2D eigenvalue weighted by molar-refractivity contribution is 5.92. The third-order valence-electron chi connectivity index (χ3n) is 6.29. The molecule has 0 spiro atoms. The fourth-order valence-corrected chi connectivity index (χ4v) is 5.78. The van der Waals surface area contributed by atoms with E-state index >= 15 is 0 Å². The van der Waals surface area contributed by atoms with Crippen LogP contribution in [-0.2, 0) is 11.3 Å². The van der Waals surface area contributed by atoms with Gasteiger partial charge in [0.1, 0.15) is 5.56 Å². The molecule has 4 saturated carbocycles.